The number of aromatic nitrogens is 1. The van der Waals surface area contributed by atoms with Crippen molar-refractivity contribution in [2.24, 2.45) is 0 Å². The zero-order chi connectivity index (χ0) is 16.6. The number of rotatable bonds is 2. The normalized spacial score (nSPS) is 10.8. The van der Waals surface area contributed by atoms with Crippen LogP contribution in [0.25, 0.3) is 22.5 Å². The summed E-state index contributed by atoms with van der Waals surface area (Å²) in [5, 5.41) is 0. The van der Waals surface area contributed by atoms with Gasteiger partial charge in [0, 0.05) is 11.1 Å². The van der Waals surface area contributed by atoms with E-state index >= 15 is 0 Å². The van der Waals surface area contributed by atoms with Crippen LogP contribution in [-0.2, 0) is 0 Å². The number of pyridine rings is 1. The van der Waals surface area contributed by atoms with Gasteiger partial charge in [0.15, 0.2) is 0 Å². The molecule has 0 aliphatic heterocycles. The number of aryl methyl sites for hydroxylation is 2. The summed E-state index contributed by atoms with van der Waals surface area (Å²) < 4.78 is 0. The smallest absolute Gasteiger partial charge is 0.0741 e. The predicted octanol–water partition coefficient (Wildman–Crippen LogP) is 5.96. The minimum atomic E-state index is 1.09. The first kappa shape index (κ1) is 15.5. The molecule has 23 heavy (non-hydrogen) atoms. The van der Waals surface area contributed by atoms with Crippen LogP contribution in [0.1, 0.15) is 27.8 Å². The standard InChI is InChI=1S/C22H23N/c1-14-6-10-19(11-7-14)21-17(4)16(3)18(5)22(23-21)20-12-8-15(2)9-13-20/h6-13H,1-5H3. The lowest BCUT2D eigenvalue weighted by molar-refractivity contribution is 1.17. The molecule has 0 N–H and O–H groups in total. The van der Waals surface area contributed by atoms with Crippen molar-refractivity contribution in [1.82, 2.24) is 4.98 Å². The molecular formula is C22H23N. The molecule has 2 aromatic carbocycles. The Morgan fingerprint density at radius 1 is 0.478 bits per heavy atom. The van der Waals surface area contributed by atoms with Crippen molar-refractivity contribution in [3.63, 3.8) is 0 Å². The minimum Gasteiger partial charge on any atom is -0.247 e. The second-order valence-electron chi connectivity index (χ2n) is 6.42. The lowest BCUT2D eigenvalue weighted by Gasteiger charge is -2.16. The van der Waals surface area contributed by atoms with Crippen molar-refractivity contribution in [3.8, 4) is 22.5 Å². The molecule has 0 spiro atoms. The van der Waals surface area contributed by atoms with Crippen LogP contribution in [0, 0.1) is 34.6 Å². The third-order valence-electron chi connectivity index (χ3n) is 4.71. The highest BCUT2D eigenvalue weighted by molar-refractivity contribution is 5.73. The Morgan fingerprint density at radius 3 is 1.17 bits per heavy atom. The van der Waals surface area contributed by atoms with Gasteiger partial charge in [-0.3, -0.25) is 0 Å². The maximum Gasteiger partial charge on any atom is 0.0741 e. The molecule has 0 bridgehead atoms. The quantitative estimate of drug-likeness (QED) is 0.569. The third kappa shape index (κ3) is 2.92. The lowest BCUT2D eigenvalue weighted by atomic mass is 9.95. The molecule has 1 heterocycles. The summed E-state index contributed by atoms with van der Waals surface area (Å²) in [5.74, 6) is 0. The first-order valence-electron chi connectivity index (χ1n) is 8.09. The van der Waals surface area contributed by atoms with Gasteiger partial charge in [0.1, 0.15) is 0 Å². The molecule has 0 saturated carbocycles. The van der Waals surface area contributed by atoms with Gasteiger partial charge in [-0.25, -0.2) is 4.98 Å². The van der Waals surface area contributed by atoms with Gasteiger partial charge in [-0.1, -0.05) is 59.7 Å². The Balaban J connectivity index is 2.22. The first-order valence-corrected chi connectivity index (χ1v) is 8.09. The van der Waals surface area contributed by atoms with Gasteiger partial charge in [-0.05, 0) is 51.3 Å². The van der Waals surface area contributed by atoms with Crippen LogP contribution in [0.3, 0.4) is 0 Å². The molecule has 1 heteroatoms. The van der Waals surface area contributed by atoms with E-state index < -0.39 is 0 Å². The van der Waals surface area contributed by atoms with Crippen molar-refractivity contribution in [2.45, 2.75) is 34.6 Å². The van der Waals surface area contributed by atoms with Gasteiger partial charge in [-0.2, -0.15) is 0 Å². The average molecular weight is 301 g/mol. The Labute approximate surface area is 139 Å². The van der Waals surface area contributed by atoms with Crippen molar-refractivity contribution in [3.05, 3.63) is 76.3 Å². The van der Waals surface area contributed by atoms with Crippen LogP contribution in [0.4, 0.5) is 0 Å². The van der Waals surface area contributed by atoms with E-state index in [1.807, 2.05) is 0 Å². The maximum atomic E-state index is 5.03. The first-order chi connectivity index (χ1) is 11.0. The monoisotopic (exact) mass is 301 g/mol. The van der Waals surface area contributed by atoms with Crippen LogP contribution in [0.2, 0.25) is 0 Å². The van der Waals surface area contributed by atoms with Crippen molar-refractivity contribution >= 4 is 0 Å². The molecule has 3 rings (SSSR count). The van der Waals surface area contributed by atoms with Crippen LogP contribution in [0.5, 0.6) is 0 Å². The van der Waals surface area contributed by atoms with Crippen molar-refractivity contribution in [2.75, 3.05) is 0 Å². The van der Waals surface area contributed by atoms with E-state index in [4.69, 9.17) is 4.98 Å². The van der Waals surface area contributed by atoms with Crippen molar-refractivity contribution < 1.29 is 0 Å². The maximum absolute atomic E-state index is 5.03. The summed E-state index contributed by atoms with van der Waals surface area (Å²) in [6.07, 6.45) is 0. The topological polar surface area (TPSA) is 12.9 Å². The Bertz CT molecular complexity index is 771. The van der Waals surface area contributed by atoms with Gasteiger partial charge in [0.25, 0.3) is 0 Å². The molecule has 3 aromatic rings. The number of nitrogens with zero attached hydrogens (tertiary/aromatic N) is 1. The molecule has 0 fully saturated rings. The summed E-state index contributed by atoms with van der Waals surface area (Å²) in [7, 11) is 0. The zero-order valence-electron chi connectivity index (χ0n) is 14.6. The molecule has 0 aliphatic rings. The zero-order valence-corrected chi connectivity index (χ0v) is 14.6. The van der Waals surface area contributed by atoms with E-state index in [9.17, 15) is 0 Å². The van der Waals surface area contributed by atoms with Crippen molar-refractivity contribution in [1.29, 1.82) is 0 Å². The minimum absolute atomic E-state index is 1.09. The van der Waals surface area contributed by atoms with Crippen LogP contribution >= 0.6 is 0 Å². The summed E-state index contributed by atoms with van der Waals surface area (Å²) in [5.41, 5.74) is 10.9. The lowest BCUT2D eigenvalue weighted by Crippen LogP contribution is -2.00. The van der Waals surface area contributed by atoms with E-state index in [0.717, 1.165) is 11.4 Å². The summed E-state index contributed by atoms with van der Waals surface area (Å²) in [6, 6.07) is 17.3. The molecule has 0 radical (unpaired) electrons. The largest absolute Gasteiger partial charge is 0.247 e. The van der Waals surface area contributed by atoms with Crippen LogP contribution < -0.4 is 0 Å². The molecule has 0 unspecified atom stereocenters. The molecule has 0 saturated heterocycles. The van der Waals surface area contributed by atoms with E-state index in [0.29, 0.717) is 0 Å². The predicted molar refractivity (Wildman–Crippen MR) is 98.8 cm³/mol. The number of benzene rings is 2. The van der Waals surface area contributed by atoms with E-state index in [1.54, 1.807) is 0 Å². The van der Waals surface area contributed by atoms with Gasteiger partial charge < -0.3 is 0 Å². The molecule has 1 aromatic heterocycles. The van der Waals surface area contributed by atoms with E-state index in [-0.39, 0.29) is 0 Å². The third-order valence-corrected chi connectivity index (χ3v) is 4.71. The van der Waals surface area contributed by atoms with Gasteiger partial charge in [0.2, 0.25) is 0 Å². The molecule has 0 amide bonds. The summed E-state index contributed by atoms with van der Waals surface area (Å²) in [4.78, 5) is 5.03. The molecular weight excluding hydrogens is 278 g/mol. The fraction of sp³-hybridized carbons (Fsp3) is 0.227. The second-order valence-corrected chi connectivity index (χ2v) is 6.42. The summed E-state index contributed by atoms with van der Waals surface area (Å²) >= 11 is 0. The van der Waals surface area contributed by atoms with Gasteiger partial charge >= 0.3 is 0 Å². The summed E-state index contributed by atoms with van der Waals surface area (Å²) in [6.45, 7) is 10.8. The fourth-order valence-corrected chi connectivity index (χ4v) is 2.90. The molecule has 116 valence electrons. The molecule has 0 atom stereocenters. The Hall–Kier alpha value is -2.41. The number of hydrogen-bond acceptors (Lipinski definition) is 1. The highest BCUT2D eigenvalue weighted by Crippen LogP contribution is 2.32. The Morgan fingerprint density at radius 2 is 0.826 bits per heavy atom. The molecule has 0 aliphatic carbocycles. The SMILES string of the molecule is Cc1ccc(-c2nc(-c3ccc(C)cc3)c(C)c(C)c2C)cc1. The number of hydrogen-bond donors (Lipinski definition) is 0. The van der Waals surface area contributed by atoms with E-state index in [2.05, 4.69) is 83.1 Å². The fourth-order valence-electron chi connectivity index (χ4n) is 2.90. The van der Waals surface area contributed by atoms with E-state index in [1.165, 1.54) is 38.9 Å². The van der Waals surface area contributed by atoms with Crippen LogP contribution in [-0.4, -0.2) is 4.98 Å². The van der Waals surface area contributed by atoms with Crippen LogP contribution in [0.15, 0.2) is 48.5 Å². The highest BCUT2D eigenvalue weighted by Gasteiger charge is 2.14. The van der Waals surface area contributed by atoms with Gasteiger partial charge in [0.05, 0.1) is 11.4 Å². The highest BCUT2D eigenvalue weighted by atomic mass is 14.7. The van der Waals surface area contributed by atoms with Gasteiger partial charge in [-0.15, -0.1) is 0 Å². The molecule has 1 nitrogen and oxygen atoms in total. The Kier molecular flexibility index (Phi) is 4.04. The average Bonchev–Trinajstić information content (AvgIpc) is 2.55. The second kappa shape index (κ2) is 6.00.